The van der Waals surface area contributed by atoms with Gasteiger partial charge in [0, 0.05) is 45.1 Å². The van der Waals surface area contributed by atoms with Crippen LogP contribution in [-0.2, 0) is 20.8 Å². The number of rotatable bonds is 15. The lowest BCUT2D eigenvalue weighted by atomic mass is 9.77. The van der Waals surface area contributed by atoms with Crippen LogP contribution < -0.4 is 16.0 Å². The first-order chi connectivity index (χ1) is 22.1. The molecule has 3 N–H and O–H groups in total. The van der Waals surface area contributed by atoms with Gasteiger partial charge in [0.25, 0.3) is 5.91 Å². The van der Waals surface area contributed by atoms with Gasteiger partial charge in [0.1, 0.15) is 29.4 Å². The molecule has 1 aromatic carbocycles. The molecule has 12 nitrogen and oxygen atoms in total. The molecule has 3 atom stereocenters. The van der Waals surface area contributed by atoms with E-state index >= 15 is 4.39 Å². The first-order valence-electron chi connectivity index (χ1n) is 16.5. The third kappa shape index (κ3) is 7.40. The molecule has 3 aliphatic rings. The molecule has 5 rings (SSSR count). The molecule has 1 aromatic heterocycles. The molecule has 0 radical (unpaired) electrons. The Morgan fingerprint density at radius 3 is 2.33 bits per heavy atom. The van der Waals surface area contributed by atoms with Crippen molar-refractivity contribution in [3.63, 3.8) is 0 Å². The van der Waals surface area contributed by atoms with Crippen LogP contribution in [0.2, 0.25) is 0 Å². The number of aldehydes is 1. The highest BCUT2D eigenvalue weighted by atomic mass is 19.1. The minimum absolute atomic E-state index is 0.0183. The highest BCUT2D eigenvalue weighted by molar-refractivity contribution is 5.96. The lowest BCUT2D eigenvalue weighted by Crippen LogP contribution is -2.61. The number of benzene rings is 1. The molecule has 2 aliphatic carbocycles. The summed E-state index contributed by atoms with van der Waals surface area (Å²) in [5.41, 5.74) is -0.138. The quantitative estimate of drug-likeness (QED) is 0.250. The van der Waals surface area contributed by atoms with Gasteiger partial charge in [-0.25, -0.2) is 9.02 Å². The Balaban J connectivity index is 1.35. The Kier molecular flexibility index (Phi) is 10.4. The van der Waals surface area contributed by atoms with Gasteiger partial charge < -0.3 is 30.5 Å². The van der Waals surface area contributed by atoms with Crippen LogP contribution in [0.1, 0.15) is 80.5 Å². The molecular weight excluding hydrogens is 593 g/mol. The van der Waals surface area contributed by atoms with Crippen LogP contribution in [0.25, 0.3) is 0 Å². The third-order valence-electron chi connectivity index (χ3n) is 9.83. The van der Waals surface area contributed by atoms with Crippen molar-refractivity contribution >= 4 is 29.7 Å². The van der Waals surface area contributed by atoms with Gasteiger partial charge in [0.2, 0.25) is 11.8 Å². The maximum absolute atomic E-state index is 15.8. The van der Waals surface area contributed by atoms with Crippen LogP contribution >= 0.6 is 0 Å². The highest BCUT2D eigenvalue weighted by Crippen LogP contribution is 2.53. The molecular formula is C33H46FN7O5. The minimum Gasteiger partial charge on any atom is -0.380 e. The number of hydrogen-bond acceptors (Lipinski definition) is 9. The lowest BCUT2D eigenvalue weighted by molar-refractivity contribution is -0.138. The van der Waals surface area contributed by atoms with E-state index in [-0.39, 0.29) is 42.1 Å². The Morgan fingerprint density at radius 1 is 1.09 bits per heavy atom. The Labute approximate surface area is 269 Å². The molecule has 3 fully saturated rings. The zero-order chi connectivity index (χ0) is 33.0. The number of amides is 3. The monoisotopic (exact) mass is 639 g/mol. The van der Waals surface area contributed by atoms with Crippen LogP contribution in [-0.4, -0.2) is 95.5 Å². The maximum Gasteiger partial charge on any atom is 0.276 e. The predicted octanol–water partition coefficient (Wildman–Crippen LogP) is 2.76. The van der Waals surface area contributed by atoms with E-state index < -0.39 is 29.2 Å². The molecule has 46 heavy (non-hydrogen) atoms. The Morgan fingerprint density at radius 2 is 1.76 bits per heavy atom. The second-order valence-corrected chi connectivity index (χ2v) is 13.1. The van der Waals surface area contributed by atoms with Crippen LogP contribution in [0.15, 0.2) is 22.8 Å². The number of anilines is 1. The van der Waals surface area contributed by atoms with E-state index in [1.165, 1.54) is 6.07 Å². The Hall–Kier alpha value is -3.87. The summed E-state index contributed by atoms with van der Waals surface area (Å²) >= 11 is 0. The standard InChI is InChI=1S/C33H46FN7O5/c1-5-25-30(39-46-38-25)31(44)37-33(19-42,28(21-7-8-21)22-9-10-22)18-35-26-12-11-23(17-24(26)34)20(3)29(36-27(43)6-2)32(45)41-15-13-40(4)14-16-41/h11-12,17,19-22,28-29,35H,5-10,13-16,18H2,1-4H3,(H,36,43)(H,37,44)/t20-,29+,33?/m0/s1. The van der Waals surface area contributed by atoms with Gasteiger partial charge in [-0.2, -0.15) is 0 Å². The number of piperazine rings is 1. The van der Waals surface area contributed by atoms with E-state index in [0.29, 0.717) is 42.6 Å². The summed E-state index contributed by atoms with van der Waals surface area (Å²) in [5.74, 6) is -1.56. The number of likely N-dealkylation sites (N-methyl/N-ethyl adjacent to an activating group) is 1. The number of carbonyl (C=O) groups excluding carboxylic acids is 4. The summed E-state index contributed by atoms with van der Waals surface area (Å²) in [6.07, 6.45) is 5.35. The fourth-order valence-corrected chi connectivity index (χ4v) is 6.70. The van der Waals surface area contributed by atoms with Gasteiger partial charge in [-0.05, 0) is 79.8 Å². The van der Waals surface area contributed by atoms with Gasteiger partial charge >= 0.3 is 0 Å². The fraction of sp³-hybridized carbons (Fsp3) is 0.636. The summed E-state index contributed by atoms with van der Waals surface area (Å²) in [4.78, 5) is 56.3. The molecule has 2 heterocycles. The second kappa shape index (κ2) is 14.3. The average Bonchev–Trinajstić information content (AvgIpc) is 4.01. The largest absolute Gasteiger partial charge is 0.380 e. The van der Waals surface area contributed by atoms with Gasteiger partial charge in [0.15, 0.2) is 5.69 Å². The van der Waals surface area contributed by atoms with Gasteiger partial charge in [-0.15, -0.1) is 0 Å². The maximum atomic E-state index is 15.8. The molecule has 0 bridgehead atoms. The molecule has 2 aromatic rings. The van der Waals surface area contributed by atoms with Crippen molar-refractivity contribution in [3.8, 4) is 0 Å². The molecule has 250 valence electrons. The SMILES string of the molecule is CCC(=O)N[C@@H](C(=O)N1CCN(C)CC1)[C@@H](C)c1ccc(NCC(C=O)(NC(=O)c2nonc2CC)C(C2CC2)C2CC2)c(F)c1. The normalized spacial score (nSPS) is 19.7. The predicted molar refractivity (Wildman–Crippen MR) is 168 cm³/mol. The van der Waals surface area contributed by atoms with Gasteiger partial charge in [-0.3, -0.25) is 14.4 Å². The third-order valence-corrected chi connectivity index (χ3v) is 9.83. The topological polar surface area (TPSA) is 150 Å². The van der Waals surface area contributed by atoms with Crippen LogP contribution in [0.4, 0.5) is 10.1 Å². The number of nitrogens with one attached hydrogen (secondary N) is 3. The smallest absolute Gasteiger partial charge is 0.276 e. The number of carbonyl (C=O) groups is 4. The van der Waals surface area contributed by atoms with Gasteiger partial charge in [0.05, 0.1) is 5.69 Å². The summed E-state index contributed by atoms with van der Waals surface area (Å²) in [5, 5.41) is 16.5. The van der Waals surface area contributed by atoms with Crippen molar-refractivity contribution in [2.24, 2.45) is 17.8 Å². The molecule has 1 unspecified atom stereocenters. The zero-order valence-corrected chi connectivity index (χ0v) is 27.2. The van der Waals surface area contributed by atoms with E-state index in [4.69, 9.17) is 4.63 Å². The van der Waals surface area contributed by atoms with Crippen LogP contribution in [0, 0.1) is 23.6 Å². The van der Waals surface area contributed by atoms with E-state index in [1.807, 2.05) is 20.9 Å². The van der Waals surface area contributed by atoms with Crippen molar-refractivity contribution in [1.82, 2.24) is 30.7 Å². The van der Waals surface area contributed by atoms with Gasteiger partial charge in [-0.1, -0.05) is 32.0 Å². The fourth-order valence-electron chi connectivity index (χ4n) is 6.70. The van der Waals surface area contributed by atoms with E-state index in [0.717, 1.165) is 45.1 Å². The highest BCUT2D eigenvalue weighted by Gasteiger charge is 2.54. The zero-order valence-electron chi connectivity index (χ0n) is 27.2. The number of halogens is 1. The average molecular weight is 640 g/mol. The van der Waals surface area contributed by atoms with E-state index in [2.05, 4.69) is 31.2 Å². The summed E-state index contributed by atoms with van der Waals surface area (Å²) in [7, 11) is 2.00. The van der Waals surface area contributed by atoms with Crippen molar-refractivity contribution < 1.29 is 28.2 Å². The minimum atomic E-state index is -1.30. The van der Waals surface area contributed by atoms with Crippen molar-refractivity contribution in [3.05, 3.63) is 41.0 Å². The molecule has 1 saturated heterocycles. The first kappa shape index (κ1) is 33.5. The van der Waals surface area contributed by atoms with Crippen molar-refractivity contribution in [2.75, 3.05) is 45.1 Å². The first-order valence-corrected chi connectivity index (χ1v) is 16.5. The number of nitrogens with zero attached hydrogens (tertiary/aromatic N) is 4. The number of hydrogen-bond donors (Lipinski definition) is 3. The molecule has 0 spiro atoms. The summed E-state index contributed by atoms with van der Waals surface area (Å²) in [6.45, 7) is 7.94. The number of aromatic nitrogens is 2. The molecule has 2 saturated carbocycles. The van der Waals surface area contributed by atoms with E-state index in [9.17, 15) is 19.2 Å². The number of aryl methyl sites for hydroxylation is 1. The second-order valence-electron chi connectivity index (χ2n) is 13.1. The molecule has 1 aliphatic heterocycles. The van der Waals surface area contributed by atoms with Crippen LogP contribution in [0.3, 0.4) is 0 Å². The van der Waals surface area contributed by atoms with Crippen molar-refractivity contribution in [2.45, 2.75) is 76.8 Å². The molecule has 3 amide bonds. The van der Waals surface area contributed by atoms with Crippen molar-refractivity contribution in [1.29, 1.82) is 0 Å². The van der Waals surface area contributed by atoms with E-state index in [1.54, 1.807) is 24.0 Å². The Bertz CT molecular complexity index is 1410. The lowest BCUT2D eigenvalue weighted by Gasteiger charge is -2.38. The van der Waals surface area contributed by atoms with Crippen LogP contribution in [0.5, 0.6) is 0 Å². The summed E-state index contributed by atoms with van der Waals surface area (Å²) < 4.78 is 20.5. The summed E-state index contributed by atoms with van der Waals surface area (Å²) in [6, 6.07) is 3.83. The molecule has 13 heteroatoms.